The summed E-state index contributed by atoms with van der Waals surface area (Å²) in [6.07, 6.45) is 3.31. The third-order valence-electron chi connectivity index (χ3n) is 7.00. The van der Waals surface area contributed by atoms with E-state index in [4.69, 9.17) is 4.74 Å². The minimum atomic E-state index is -0.298. The summed E-state index contributed by atoms with van der Waals surface area (Å²) >= 11 is 0. The van der Waals surface area contributed by atoms with Gasteiger partial charge in [-0.25, -0.2) is 0 Å². The zero-order chi connectivity index (χ0) is 23.6. The number of piperidine rings is 1. The third-order valence-corrected chi connectivity index (χ3v) is 7.00. The number of nitrogens with one attached hydrogen (secondary N) is 1. The van der Waals surface area contributed by atoms with Crippen LogP contribution < -0.4 is 5.32 Å². The summed E-state index contributed by atoms with van der Waals surface area (Å²) in [4.78, 5) is 29.1. The fourth-order valence-corrected chi connectivity index (χ4v) is 5.14. The van der Waals surface area contributed by atoms with Gasteiger partial charge in [0.05, 0.1) is 18.1 Å². The van der Waals surface area contributed by atoms with Crippen LogP contribution in [0.5, 0.6) is 0 Å². The van der Waals surface area contributed by atoms with Gasteiger partial charge in [-0.15, -0.1) is 0 Å². The summed E-state index contributed by atoms with van der Waals surface area (Å²) in [5.74, 6) is -0.321. The van der Waals surface area contributed by atoms with Gasteiger partial charge in [0.1, 0.15) is 0 Å². The number of nitrogens with zero attached hydrogens (tertiary/aromatic N) is 1. The van der Waals surface area contributed by atoms with E-state index in [0.717, 1.165) is 36.9 Å². The van der Waals surface area contributed by atoms with Gasteiger partial charge in [0.25, 0.3) is 5.91 Å². The van der Waals surface area contributed by atoms with Crippen molar-refractivity contribution >= 4 is 17.5 Å². The zero-order valence-corrected chi connectivity index (χ0v) is 20.3. The van der Waals surface area contributed by atoms with Crippen LogP contribution in [0.1, 0.15) is 67.9 Å². The number of benzene rings is 2. The normalized spacial score (nSPS) is 23.4. The van der Waals surface area contributed by atoms with Crippen molar-refractivity contribution in [3.8, 4) is 0 Å². The highest BCUT2D eigenvalue weighted by atomic mass is 16.5. The largest absolute Gasteiger partial charge is 0.376 e. The molecule has 176 valence electrons. The zero-order valence-electron chi connectivity index (χ0n) is 20.3. The topological polar surface area (TPSA) is 58.6 Å². The van der Waals surface area contributed by atoms with Crippen molar-refractivity contribution < 1.29 is 14.3 Å². The monoisotopic (exact) mass is 448 g/mol. The maximum absolute atomic E-state index is 13.6. The van der Waals surface area contributed by atoms with Crippen molar-refractivity contribution in [1.82, 2.24) is 4.90 Å². The number of carbonyl (C=O) groups excluding carboxylic acids is 2. The number of rotatable bonds is 4. The highest BCUT2D eigenvalue weighted by molar-refractivity contribution is 5.98. The Bertz CT molecular complexity index is 1000. The molecule has 0 aliphatic carbocycles. The van der Waals surface area contributed by atoms with Crippen molar-refractivity contribution in [2.24, 2.45) is 5.92 Å². The molecular weight excluding hydrogens is 412 g/mol. The molecule has 2 aromatic rings. The smallest absolute Gasteiger partial charge is 0.254 e. The van der Waals surface area contributed by atoms with Crippen LogP contribution in [-0.4, -0.2) is 42.0 Å². The number of anilines is 1. The van der Waals surface area contributed by atoms with E-state index in [0.29, 0.717) is 18.7 Å². The van der Waals surface area contributed by atoms with Crippen molar-refractivity contribution in [2.75, 3.05) is 18.5 Å². The number of hydrogen-bond acceptors (Lipinski definition) is 3. The van der Waals surface area contributed by atoms with Crippen LogP contribution in [0, 0.1) is 12.8 Å². The van der Waals surface area contributed by atoms with Crippen LogP contribution in [0.3, 0.4) is 0 Å². The number of carbonyl (C=O) groups is 2. The molecule has 3 atom stereocenters. The van der Waals surface area contributed by atoms with Crippen molar-refractivity contribution in [2.45, 2.75) is 70.9 Å². The molecule has 2 heterocycles. The highest BCUT2D eigenvalue weighted by Gasteiger charge is 2.44. The summed E-state index contributed by atoms with van der Waals surface area (Å²) in [5.41, 5.74) is 3.65. The first kappa shape index (κ1) is 23.5. The Morgan fingerprint density at radius 1 is 1.03 bits per heavy atom. The Morgan fingerprint density at radius 3 is 2.52 bits per heavy atom. The summed E-state index contributed by atoms with van der Waals surface area (Å²) in [5, 5.41) is 3.16. The van der Waals surface area contributed by atoms with Gasteiger partial charge in [-0.05, 0) is 67.3 Å². The molecule has 0 saturated carbocycles. The van der Waals surface area contributed by atoms with E-state index in [1.54, 1.807) is 0 Å². The lowest BCUT2D eigenvalue weighted by Gasteiger charge is -2.43. The van der Waals surface area contributed by atoms with Crippen LogP contribution in [0.25, 0.3) is 0 Å². The second-order valence-corrected chi connectivity index (χ2v) is 10.4. The molecule has 0 spiro atoms. The Hall–Kier alpha value is -2.66. The predicted molar refractivity (Wildman–Crippen MR) is 131 cm³/mol. The maximum Gasteiger partial charge on any atom is 0.254 e. The lowest BCUT2D eigenvalue weighted by atomic mass is 9.83. The molecule has 2 amide bonds. The van der Waals surface area contributed by atoms with Gasteiger partial charge in [-0.2, -0.15) is 0 Å². The Morgan fingerprint density at radius 2 is 1.82 bits per heavy atom. The maximum atomic E-state index is 13.6. The minimum absolute atomic E-state index is 0.000768. The van der Waals surface area contributed by atoms with Crippen molar-refractivity contribution in [3.05, 3.63) is 65.2 Å². The van der Waals surface area contributed by atoms with Crippen LogP contribution in [0.15, 0.2) is 48.5 Å². The van der Waals surface area contributed by atoms with Gasteiger partial charge in [-0.3, -0.25) is 9.59 Å². The highest BCUT2D eigenvalue weighted by Crippen LogP contribution is 2.34. The van der Waals surface area contributed by atoms with Gasteiger partial charge in [0, 0.05) is 24.4 Å². The molecule has 2 saturated heterocycles. The number of likely N-dealkylation sites (tertiary alicyclic amines) is 1. The molecule has 5 heteroatoms. The van der Waals surface area contributed by atoms with Crippen LogP contribution in [-0.2, 0) is 14.9 Å². The van der Waals surface area contributed by atoms with E-state index in [9.17, 15) is 9.59 Å². The average molecular weight is 449 g/mol. The second-order valence-electron chi connectivity index (χ2n) is 10.4. The fraction of sp³-hybridized carbons (Fsp3) is 0.500. The summed E-state index contributed by atoms with van der Waals surface area (Å²) in [6, 6.07) is 15.5. The Balaban J connectivity index is 1.60. The number of ether oxygens (including phenoxy) is 1. The third kappa shape index (κ3) is 5.14. The molecule has 2 aromatic carbocycles. The van der Waals surface area contributed by atoms with Gasteiger partial charge in [0.2, 0.25) is 5.91 Å². The van der Waals surface area contributed by atoms with E-state index in [-0.39, 0.29) is 35.3 Å². The summed E-state index contributed by atoms with van der Waals surface area (Å²) < 4.78 is 6.06. The van der Waals surface area contributed by atoms with E-state index in [1.807, 2.05) is 48.2 Å². The first-order valence-corrected chi connectivity index (χ1v) is 12.2. The van der Waals surface area contributed by atoms with Crippen molar-refractivity contribution in [1.29, 1.82) is 0 Å². The molecule has 1 N–H and O–H groups in total. The first-order chi connectivity index (χ1) is 15.8. The lowest BCUT2D eigenvalue weighted by Crippen LogP contribution is -2.57. The van der Waals surface area contributed by atoms with Gasteiger partial charge in [-0.1, -0.05) is 51.1 Å². The lowest BCUT2D eigenvalue weighted by molar-refractivity contribution is -0.125. The number of aryl methyl sites for hydroxylation is 1. The van der Waals surface area contributed by atoms with E-state index >= 15 is 0 Å². The average Bonchev–Trinajstić information content (AvgIpc) is 3.33. The molecule has 2 aliphatic rings. The Kier molecular flexibility index (Phi) is 6.89. The molecule has 4 rings (SSSR count). The molecular formula is C28H36N2O3. The van der Waals surface area contributed by atoms with Gasteiger partial charge < -0.3 is 15.0 Å². The van der Waals surface area contributed by atoms with Crippen LogP contribution in [0.4, 0.5) is 5.69 Å². The van der Waals surface area contributed by atoms with E-state index in [2.05, 4.69) is 38.2 Å². The molecule has 0 bridgehead atoms. The molecule has 0 aromatic heterocycles. The Labute approximate surface area is 197 Å². The predicted octanol–water partition coefficient (Wildman–Crippen LogP) is 5.33. The number of amides is 2. The minimum Gasteiger partial charge on any atom is -0.376 e. The van der Waals surface area contributed by atoms with E-state index < -0.39 is 0 Å². The van der Waals surface area contributed by atoms with Crippen LogP contribution in [0.2, 0.25) is 0 Å². The SMILES string of the molecule is Cc1ccccc1C(=O)N1CCCC(C(=O)Nc2cccc(C(C)(C)C)c2)C1[C@@H]1CCCO1. The molecule has 2 aliphatic heterocycles. The quantitative estimate of drug-likeness (QED) is 0.688. The standard InChI is InChI=1S/C28H36N2O3/c1-19-10-5-6-13-22(19)27(32)30-16-8-14-23(25(30)24-15-9-17-33-24)26(31)29-21-12-7-11-20(18-21)28(2,3)4/h5-7,10-13,18,23-25H,8-9,14-17H2,1-4H3,(H,29,31)/t23?,24-,25?/m0/s1. The van der Waals surface area contributed by atoms with Gasteiger partial charge in [0.15, 0.2) is 0 Å². The fourth-order valence-electron chi connectivity index (χ4n) is 5.14. The van der Waals surface area contributed by atoms with Gasteiger partial charge >= 0.3 is 0 Å². The molecule has 2 unspecified atom stereocenters. The van der Waals surface area contributed by atoms with E-state index in [1.165, 1.54) is 5.56 Å². The van der Waals surface area contributed by atoms with Crippen molar-refractivity contribution in [3.63, 3.8) is 0 Å². The summed E-state index contributed by atoms with van der Waals surface area (Å²) in [6.45, 7) is 9.80. The molecule has 0 radical (unpaired) electrons. The molecule has 33 heavy (non-hydrogen) atoms. The summed E-state index contributed by atoms with van der Waals surface area (Å²) in [7, 11) is 0. The van der Waals surface area contributed by atoms with Crippen LogP contribution >= 0.6 is 0 Å². The molecule has 2 fully saturated rings. The molecule has 5 nitrogen and oxygen atoms in total. The first-order valence-electron chi connectivity index (χ1n) is 12.2. The number of hydrogen-bond donors (Lipinski definition) is 1. The second kappa shape index (κ2) is 9.68.